The molecule has 3 aromatic rings. The minimum absolute atomic E-state index is 0.179. The van der Waals surface area contributed by atoms with Gasteiger partial charge in [-0.1, -0.05) is 0 Å². The molecule has 0 aliphatic rings. The van der Waals surface area contributed by atoms with Gasteiger partial charge in [0.25, 0.3) is 5.03 Å². The average Bonchev–Trinajstić information content (AvgIpc) is 2.67. The molecule has 0 aliphatic carbocycles. The van der Waals surface area contributed by atoms with Gasteiger partial charge in [-0.3, -0.25) is 0 Å². The van der Waals surface area contributed by atoms with Crippen LogP contribution in [0.15, 0.2) is 52.4 Å². The summed E-state index contributed by atoms with van der Waals surface area (Å²) in [5.41, 5.74) is 9.10. The Hall–Kier alpha value is -3.59. The summed E-state index contributed by atoms with van der Waals surface area (Å²) < 4.78 is 13.1. The van der Waals surface area contributed by atoms with Gasteiger partial charge in [-0.2, -0.15) is 20.5 Å². The molecule has 0 saturated heterocycles. The van der Waals surface area contributed by atoms with Crippen LogP contribution in [-0.4, -0.2) is 14.5 Å². The van der Waals surface area contributed by atoms with Crippen molar-refractivity contribution in [2.45, 2.75) is 23.8 Å². The van der Waals surface area contributed by atoms with Gasteiger partial charge in [0.2, 0.25) is 5.95 Å². The van der Waals surface area contributed by atoms with Crippen molar-refractivity contribution in [3.05, 3.63) is 64.7 Å². The number of nitriles is 2. The van der Waals surface area contributed by atoms with Crippen molar-refractivity contribution in [2.24, 2.45) is 0 Å². The molecule has 3 rings (SSSR count). The highest BCUT2D eigenvalue weighted by Crippen LogP contribution is 2.28. The molecule has 2 aromatic carbocycles. The Morgan fingerprint density at radius 3 is 2.14 bits per heavy atom. The average molecular weight is 388 g/mol. The molecule has 1 unspecified atom stereocenters. The number of rotatable bonds is 4. The Balaban J connectivity index is 1.95. The van der Waals surface area contributed by atoms with Crippen molar-refractivity contribution in [3.63, 3.8) is 0 Å². The SMILES string of the molecule is Cc1cc(C#N)cc(C)c1[S+]([O-])c1cc(N)nc(Nc2ccc(C#N)cc2)n1. The molecule has 28 heavy (non-hydrogen) atoms. The number of nitrogens with zero attached hydrogens (tertiary/aromatic N) is 4. The summed E-state index contributed by atoms with van der Waals surface area (Å²) in [6, 6.07) is 15.8. The molecule has 3 N–H and O–H groups in total. The van der Waals surface area contributed by atoms with Gasteiger partial charge in [-0.15, -0.1) is 0 Å². The van der Waals surface area contributed by atoms with Gasteiger partial charge in [0.1, 0.15) is 5.82 Å². The van der Waals surface area contributed by atoms with Crippen molar-refractivity contribution in [2.75, 3.05) is 11.1 Å². The zero-order valence-corrected chi connectivity index (χ0v) is 16.0. The van der Waals surface area contributed by atoms with Crippen LogP contribution in [0.5, 0.6) is 0 Å². The molecule has 0 bridgehead atoms. The zero-order chi connectivity index (χ0) is 20.3. The normalized spacial score (nSPS) is 11.3. The Labute approximate surface area is 165 Å². The molecule has 0 radical (unpaired) electrons. The van der Waals surface area contributed by atoms with Crippen LogP contribution in [0.2, 0.25) is 0 Å². The summed E-state index contributed by atoms with van der Waals surface area (Å²) in [6.07, 6.45) is 0. The van der Waals surface area contributed by atoms with Gasteiger partial charge in [0.05, 0.1) is 29.3 Å². The van der Waals surface area contributed by atoms with E-state index >= 15 is 0 Å². The van der Waals surface area contributed by atoms with Gasteiger partial charge < -0.3 is 15.6 Å². The second kappa shape index (κ2) is 7.97. The first kappa shape index (κ1) is 19.2. The molecule has 0 saturated carbocycles. The lowest BCUT2D eigenvalue weighted by Gasteiger charge is -2.15. The summed E-state index contributed by atoms with van der Waals surface area (Å²) in [7, 11) is 0. The van der Waals surface area contributed by atoms with Gasteiger partial charge in [0, 0.05) is 28.0 Å². The third kappa shape index (κ3) is 4.04. The number of hydrogen-bond donors (Lipinski definition) is 2. The Bertz CT molecular complexity index is 1090. The molecule has 0 spiro atoms. The first-order valence-electron chi connectivity index (χ1n) is 8.26. The lowest BCUT2D eigenvalue weighted by molar-refractivity contribution is 0.590. The summed E-state index contributed by atoms with van der Waals surface area (Å²) in [6.45, 7) is 3.61. The van der Waals surface area contributed by atoms with E-state index in [1.54, 1.807) is 36.4 Å². The van der Waals surface area contributed by atoms with Crippen molar-refractivity contribution in [1.82, 2.24) is 9.97 Å². The molecule has 0 amide bonds. The predicted molar refractivity (Wildman–Crippen MR) is 106 cm³/mol. The van der Waals surface area contributed by atoms with Crippen molar-refractivity contribution in [1.29, 1.82) is 10.5 Å². The van der Waals surface area contributed by atoms with Crippen molar-refractivity contribution < 1.29 is 4.55 Å². The third-order valence-corrected chi connectivity index (χ3v) is 5.56. The summed E-state index contributed by atoms with van der Waals surface area (Å²) >= 11 is -1.59. The number of hydrogen-bond acceptors (Lipinski definition) is 7. The van der Waals surface area contributed by atoms with E-state index in [2.05, 4.69) is 21.4 Å². The van der Waals surface area contributed by atoms with Crippen LogP contribution >= 0.6 is 0 Å². The fraction of sp³-hybridized carbons (Fsp3) is 0.100. The summed E-state index contributed by atoms with van der Waals surface area (Å²) in [5, 5.41) is 21.2. The topological polar surface area (TPSA) is 134 Å². The lowest BCUT2D eigenvalue weighted by Crippen LogP contribution is -2.12. The van der Waals surface area contributed by atoms with Crippen LogP contribution in [0.3, 0.4) is 0 Å². The number of nitrogen functional groups attached to an aromatic ring is 1. The Morgan fingerprint density at radius 1 is 0.964 bits per heavy atom. The minimum Gasteiger partial charge on any atom is -0.605 e. The first-order chi connectivity index (χ1) is 13.4. The van der Waals surface area contributed by atoms with E-state index in [0.29, 0.717) is 21.7 Å². The standard InChI is InChI=1S/C20H16N6OS/c1-12-7-15(11-22)8-13(2)19(12)28(27)18-9-17(23)25-20(26-18)24-16-5-3-14(10-21)4-6-16/h3-9H,1-2H3,(H3,23,24,25,26). The second-order valence-corrected chi connectivity index (χ2v) is 7.45. The summed E-state index contributed by atoms with van der Waals surface area (Å²) in [5.74, 6) is 0.385. The maximum absolute atomic E-state index is 13.1. The largest absolute Gasteiger partial charge is 0.605 e. The maximum Gasteiger partial charge on any atom is 0.257 e. The molecule has 1 atom stereocenters. The Kier molecular flexibility index (Phi) is 5.46. The number of nitrogens with two attached hydrogens (primary N) is 1. The monoisotopic (exact) mass is 388 g/mol. The highest BCUT2D eigenvalue weighted by atomic mass is 32.2. The van der Waals surface area contributed by atoms with Crippen LogP contribution < -0.4 is 11.1 Å². The number of aromatic nitrogens is 2. The van der Waals surface area contributed by atoms with E-state index in [1.807, 2.05) is 19.9 Å². The fourth-order valence-electron chi connectivity index (χ4n) is 2.76. The molecular weight excluding hydrogens is 372 g/mol. The van der Waals surface area contributed by atoms with Crippen molar-refractivity contribution in [3.8, 4) is 12.1 Å². The van der Waals surface area contributed by atoms with Gasteiger partial charge in [-0.05, 0) is 50.2 Å². The molecule has 0 fully saturated rings. The van der Waals surface area contributed by atoms with Crippen LogP contribution in [0, 0.1) is 36.5 Å². The van der Waals surface area contributed by atoms with Gasteiger partial charge in [0.15, 0.2) is 4.90 Å². The quantitative estimate of drug-likeness (QED) is 0.517. The highest BCUT2D eigenvalue weighted by molar-refractivity contribution is 7.91. The third-order valence-electron chi connectivity index (χ3n) is 3.96. The molecular formula is C20H16N6OS. The van der Waals surface area contributed by atoms with Crippen LogP contribution in [0.1, 0.15) is 22.3 Å². The molecule has 8 heteroatoms. The van der Waals surface area contributed by atoms with E-state index in [9.17, 15) is 4.55 Å². The van der Waals surface area contributed by atoms with E-state index in [4.69, 9.17) is 16.3 Å². The van der Waals surface area contributed by atoms with Gasteiger partial charge >= 0.3 is 0 Å². The minimum atomic E-state index is -1.59. The van der Waals surface area contributed by atoms with E-state index in [0.717, 1.165) is 11.1 Å². The maximum atomic E-state index is 13.1. The van der Waals surface area contributed by atoms with E-state index < -0.39 is 11.2 Å². The first-order valence-corrected chi connectivity index (χ1v) is 9.41. The number of benzene rings is 2. The smallest absolute Gasteiger partial charge is 0.257 e. The number of aryl methyl sites for hydroxylation is 2. The molecule has 0 aliphatic heterocycles. The number of nitrogens with one attached hydrogen (secondary N) is 1. The van der Waals surface area contributed by atoms with E-state index in [1.165, 1.54) is 6.07 Å². The summed E-state index contributed by atoms with van der Waals surface area (Å²) in [4.78, 5) is 9.07. The fourth-order valence-corrected chi connectivity index (χ4v) is 4.07. The lowest BCUT2D eigenvalue weighted by atomic mass is 10.1. The molecule has 138 valence electrons. The molecule has 7 nitrogen and oxygen atoms in total. The zero-order valence-electron chi connectivity index (χ0n) is 15.2. The predicted octanol–water partition coefficient (Wildman–Crippen LogP) is 3.33. The molecule has 1 heterocycles. The van der Waals surface area contributed by atoms with Gasteiger partial charge in [-0.25, -0.2) is 0 Å². The van der Waals surface area contributed by atoms with Crippen LogP contribution in [0.4, 0.5) is 17.5 Å². The number of anilines is 3. The highest BCUT2D eigenvalue weighted by Gasteiger charge is 2.24. The van der Waals surface area contributed by atoms with Crippen molar-refractivity contribution >= 4 is 28.6 Å². The van der Waals surface area contributed by atoms with Crippen LogP contribution in [0.25, 0.3) is 0 Å². The Morgan fingerprint density at radius 2 is 1.57 bits per heavy atom. The van der Waals surface area contributed by atoms with Crippen LogP contribution in [-0.2, 0) is 11.2 Å². The van der Waals surface area contributed by atoms with E-state index in [-0.39, 0.29) is 16.8 Å². The molecule has 1 aromatic heterocycles. The second-order valence-electron chi connectivity index (χ2n) is 6.09.